The molecule has 2 heterocycles. The molecular formula is C24H22ClN3O3S. The van der Waals surface area contributed by atoms with Gasteiger partial charge >= 0.3 is 5.69 Å². The molecular weight excluding hydrogens is 446 g/mol. The number of hydrogen-bond acceptors (Lipinski definition) is 4. The lowest BCUT2D eigenvalue weighted by Crippen LogP contribution is -2.40. The molecule has 0 saturated carbocycles. The number of halogens is 1. The fourth-order valence-electron chi connectivity index (χ4n) is 3.75. The van der Waals surface area contributed by atoms with Crippen LogP contribution < -0.4 is 16.6 Å². The molecule has 0 bridgehead atoms. The van der Waals surface area contributed by atoms with Crippen LogP contribution in [-0.4, -0.2) is 15.0 Å². The summed E-state index contributed by atoms with van der Waals surface area (Å²) in [6.45, 7) is 5.67. The molecule has 2 aromatic carbocycles. The van der Waals surface area contributed by atoms with Crippen LogP contribution in [0.4, 0.5) is 5.69 Å². The van der Waals surface area contributed by atoms with E-state index >= 15 is 0 Å². The second kappa shape index (κ2) is 8.76. The van der Waals surface area contributed by atoms with Crippen LogP contribution in [0.1, 0.15) is 22.9 Å². The number of rotatable bonds is 5. The molecule has 2 aromatic heterocycles. The van der Waals surface area contributed by atoms with Crippen molar-refractivity contribution >= 4 is 44.7 Å². The van der Waals surface area contributed by atoms with Crippen molar-refractivity contribution < 1.29 is 4.79 Å². The topological polar surface area (TPSA) is 73.1 Å². The minimum atomic E-state index is -0.579. The molecule has 0 aliphatic carbocycles. The molecule has 0 atom stereocenters. The Hall–Kier alpha value is -3.16. The number of amides is 1. The highest BCUT2D eigenvalue weighted by molar-refractivity contribution is 7.18. The zero-order valence-corrected chi connectivity index (χ0v) is 19.5. The summed E-state index contributed by atoms with van der Waals surface area (Å²) in [4.78, 5) is 41.0. The summed E-state index contributed by atoms with van der Waals surface area (Å²) in [7, 11) is 0. The fraction of sp³-hybridized carbons (Fsp3) is 0.208. The molecule has 8 heteroatoms. The van der Waals surface area contributed by atoms with Gasteiger partial charge in [0.05, 0.1) is 11.1 Å². The Morgan fingerprint density at radius 1 is 1.06 bits per heavy atom. The molecule has 0 aliphatic rings. The summed E-state index contributed by atoms with van der Waals surface area (Å²) in [5.74, 6) is -0.346. The lowest BCUT2D eigenvalue weighted by Gasteiger charge is -2.13. The van der Waals surface area contributed by atoms with Crippen molar-refractivity contribution in [2.24, 2.45) is 0 Å². The Morgan fingerprint density at radius 3 is 2.44 bits per heavy atom. The molecule has 6 nitrogen and oxygen atoms in total. The van der Waals surface area contributed by atoms with E-state index in [0.717, 1.165) is 27.0 Å². The average molecular weight is 468 g/mol. The van der Waals surface area contributed by atoms with E-state index < -0.39 is 11.2 Å². The maximum Gasteiger partial charge on any atom is 0.337 e. The molecule has 0 saturated heterocycles. The number of nitrogens with zero attached hydrogens (tertiary/aromatic N) is 2. The Morgan fingerprint density at radius 2 is 1.78 bits per heavy atom. The maximum absolute atomic E-state index is 13.4. The molecule has 4 aromatic rings. The molecule has 0 spiro atoms. The highest BCUT2D eigenvalue weighted by Gasteiger charge is 2.19. The number of nitrogens with one attached hydrogen (secondary N) is 1. The smallest absolute Gasteiger partial charge is 0.325 e. The predicted octanol–water partition coefficient (Wildman–Crippen LogP) is 4.69. The third kappa shape index (κ3) is 4.26. The number of benzene rings is 2. The largest absolute Gasteiger partial charge is 0.337 e. The molecule has 4 rings (SSSR count). The van der Waals surface area contributed by atoms with Crippen molar-refractivity contribution in [3.8, 4) is 5.69 Å². The summed E-state index contributed by atoms with van der Waals surface area (Å²) >= 11 is 7.45. The van der Waals surface area contributed by atoms with E-state index in [2.05, 4.69) is 5.32 Å². The first-order chi connectivity index (χ1) is 15.3. The lowest BCUT2D eigenvalue weighted by atomic mass is 10.1. The average Bonchev–Trinajstić information content (AvgIpc) is 3.15. The molecule has 0 unspecified atom stereocenters. The van der Waals surface area contributed by atoms with Crippen LogP contribution in [0.2, 0.25) is 5.02 Å². The number of thiophene rings is 1. The first-order valence-corrected chi connectivity index (χ1v) is 11.4. The second-order valence-corrected chi connectivity index (χ2v) is 9.25. The summed E-state index contributed by atoms with van der Waals surface area (Å²) < 4.78 is 2.43. The number of hydrogen-bond donors (Lipinski definition) is 1. The quantitative estimate of drug-likeness (QED) is 0.463. The van der Waals surface area contributed by atoms with Crippen molar-refractivity contribution in [1.29, 1.82) is 0 Å². The van der Waals surface area contributed by atoms with Gasteiger partial charge in [0.1, 0.15) is 11.4 Å². The number of aryl methyl sites for hydroxylation is 3. The number of carbonyl (C=O) groups is 1. The number of anilines is 1. The SMILES string of the molecule is CCc1cc2c(=O)n(-c3cccc(Cl)c3)c(=O)n(CC(=O)Nc3cc(C)cc(C)c3)c2s1. The van der Waals surface area contributed by atoms with Crippen LogP contribution >= 0.6 is 22.9 Å². The Kier molecular flexibility index (Phi) is 6.04. The molecule has 1 amide bonds. The van der Waals surface area contributed by atoms with Gasteiger partial charge in [-0.1, -0.05) is 30.7 Å². The van der Waals surface area contributed by atoms with Gasteiger partial charge in [0.2, 0.25) is 5.91 Å². The standard InChI is InChI=1S/C24H22ClN3O3S/c1-4-19-12-20-22(30)28(18-7-5-6-16(25)11-18)24(31)27(23(20)32-19)13-21(29)26-17-9-14(2)8-15(3)10-17/h5-12H,4,13H2,1-3H3,(H,26,29). The third-order valence-corrected chi connectivity index (χ3v) is 6.62. The first kappa shape index (κ1) is 22.0. The summed E-state index contributed by atoms with van der Waals surface area (Å²) in [5.41, 5.74) is 2.09. The molecule has 0 radical (unpaired) electrons. The van der Waals surface area contributed by atoms with E-state index in [1.165, 1.54) is 15.9 Å². The maximum atomic E-state index is 13.4. The second-order valence-electron chi connectivity index (χ2n) is 7.70. The van der Waals surface area contributed by atoms with E-state index in [1.807, 2.05) is 39.0 Å². The Labute approximate surface area is 193 Å². The van der Waals surface area contributed by atoms with Crippen LogP contribution in [-0.2, 0) is 17.8 Å². The van der Waals surface area contributed by atoms with Gasteiger partial charge in [0, 0.05) is 15.6 Å². The Bertz CT molecular complexity index is 1450. The van der Waals surface area contributed by atoms with Gasteiger partial charge in [-0.25, -0.2) is 9.36 Å². The van der Waals surface area contributed by atoms with Crippen LogP contribution in [0, 0.1) is 13.8 Å². The van der Waals surface area contributed by atoms with E-state index in [9.17, 15) is 14.4 Å². The van der Waals surface area contributed by atoms with Crippen LogP contribution in [0.15, 0.2) is 58.1 Å². The van der Waals surface area contributed by atoms with Crippen LogP contribution in [0.5, 0.6) is 0 Å². The summed E-state index contributed by atoms with van der Waals surface area (Å²) in [6, 6.07) is 14.1. The van der Waals surface area contributed by atoms with Crippen LogP contribution in [0.3, 0.4) is 0 Å². The fourth-order valence-corrected chi connectivity index (χ4v) is 5.01. The number of carbonyl (C=O) groups excluding carboxylic acids is 1. The van der Waals surface area contributed by atoms with Gasteiger partial charge in [-0.2, -0.15) is 0 Å². The molecule has 0 fully saturated rings. The minimum absolute atomic E-state index is 0.215. The predicted molar refractivity (Wildman–Crippen MR) is 131 cm³/mol. The van der Waals surface area contributed by atoms with Gasteiger partial charge in [0.15, 0.2) is 0 Å². The summed E-state index contributed by atoms with van der Waals surface area (Å²) in [5, 5.41) is 3.68. The number of aromatic nitrogens is 2. The first-order valence-electron chi connectivity index (χ1n) is 10.2. The van der Waals surface area contributed by atoms with Gasteiger partial charge in [-0.15, -0.1) is 11.3 Å². The Balaban J connectivity index is 1.84. The zero-order chi connectivity index (χ0) is 23.0. The lowest BCUT2D eigenvalue weighted by molar-refractivity contribution is -0.116. The van der Waals surface area contributed by atoms with E-state index in [1.54, 1.807) is 30.3 Å². The van der Waals surface area contributed by atoms with Gasteiger partial charge < -0.3 is 5.32 Å². The minimum Gasteiger partial charge on any atom is -0.325 e. The van der Waals surface area contributed by atoms with E-state index in [-0.39, 0.29) is 12.5 Å². The van der Waals surface area contributed by atoms with E-state index in [0.29, 0.717) is 26.6 Å². The van der Waals surface area contributed by atoms with Gasteiger partial charge in [-0.3, -0.25) is 14.2 Å². The molecule has 1 N–H and O–H groups in total. The highest BCUT2D eigenvalue weighted by Crippen LogP contribution is 2.24. The normalized spacial score (nSPS) is 11.1. The van der Waals surface area contributed by atoms with Crippen molar-refractivity contribution in [3.63, 3.8) is 0 Å². The van der Waals surface area contributed by atoms with Crippen molar-refractivity contribution in [3.05, 3.63) is 90.4 Å². The van der Waals surface area contributed by atoms with Crippen LogP contribution in [0.25, 0.3) is 15.9 Å². The van der Waals surface area contributed by atoms with Crippen molar-refractivity contribution in [2.75, 3.05) is 5.32 Å². The zero-order valence-electron chi connectivity index (χ0n) is 17.9. The number of fused-ring (bicyclic) bond motifs is 1. The summed E-state index contributed by atoms with van der Waals surface area (Å²) in [6.07, 6.45) is 0.721. The molecule has 32 heavy (non-hydrogen) atoms. The van der Waals surface area contributed by atoms with Gasteiger partial charge in [-0.05, 0) is 67.8 Å². The van der Waals surface area contributed by atoms with Crippen molar-refractivity contribution in [2.45, 2.75) is 33.7 Å². The monoisotopic (exact) mass is 467 g/mol. The van der Waals surface area contributed by atoms with Gasteiger partial charge in [0.25, 0.3) is 5.56 Å². The van der Waals surface area contributed by atoms with E-state index in [4.69, 9.17) is 11.6 Å². The molecule has 164 valence electrons. The highest BCUT2D eigenvalue weighted by atomic mass is 35.5. The molecule has 0 aliphatic heterocycles. The third-order valence-electron chi connectivity index (χ3n) is 5.09. The van der Waals surface area contributed by atoms with Crippen molar-refractivity contribution in [1.82, 2.24) is 9.13 Å².